The molecular weight excluding hydrogens is 413 g/mol. The van der Waals surface area contributed by atoms with E-state index in [9.17, 15) is 22.8 Å². The average molecular weight is 430 g/mol. The molecule has 2 amide bonds. The Kier molecular flexibility index (Phi) is 6.05. The van der Waals surface area contributed by atoms with E-state index >= 15 is 0 Å². The van der Waals surface area contributed by atoms with Crippen LogP contribution < -0.4 is 22.1 Å². The molecule has 8 nitrogen and oxygen atoms in total. The van der Waals surface area contributed by atoms with Gasteiger partial charge in [0, 0.05) is 11.9 Å². The number of nitrogens with two attached hydrogens (primary N) is 2. The highest BCUT2D eigenvalue weighted by atomic mass is 19.4. The predicted molar refractivity (Wildman–Crippen MR) is 107 cm³/mol. The minimum absolute atomic E-state index is 0.0245. The molecule has 1 unspecified atom stereocenters. The van der Waals surface area contributed by atoms with Gasteiger partial charge in [0.15, 0.2) is 0 Å². The number of carbonyl (C=O) groups is 2. The lowest BCUT2D eigenvalue weighted by Gasteiger charge is -2.17. The smallest absolute Gasteiger partial charge is 0.368 e. The van der Waals surface area contributed by atoms with Crippen LogP contribution in [0.5, 0.6) is 0 Å². The second-order valence-electron chi connectivity index (χ2n) is 6.41. The molecular formula is C20H17F3N6O2. The predicted octanol–water partition coefficient (Wildman–Crippen LogP) is 2.98. The molecule has 0 fully saturated rings. The van der Waals surface area contributed by atoms with Crippen molar-refractivity contribution in [3.63, 3.8) is 0 Å². The van der Waals surface area contributed by atoms with Crippen molar-refractivity contribution in [2.75, 3.05) is 10.6 Å². The van der Waals surface area contributed by atoms with Gasteiger partial charge in [0.05, 0.1) is 5.56 Å². The number of hydrogen-bond donors (Lipinski definition) is 4. The zero-order valence-corrected chi connectivity index (χ0v) is 15.9. The number of hydrogen-bond acceptors (Lipinski definition) is 6. The van der Waals surface area contributed by atoms with Crippen LogP contribution in [0.3, 0.4) is 0 Å². The number of rotatable bonds is 7. The quantitative estimate of drug-likeness (QED) is 0.455. The standard InChI is InChI=1S/C20H17F3N6O2/c21-20(22,23)12-7-4-8-13(9-12)27-18-14(16(24)30)10-26-19(29-18)28-15(17(25)31)11-5-2-1-3-6-11/h1-10,15H,(H2,24,30)(H2,25,31)(H2,26,27,28,29). The van der Waals surface area contributed by atoms with Crippen LogP contribution in [0.15, 0.2) is 60.8 Å². The Morgan fingerprint density at radius 2 is 1.71 bits per heavy atom. The third kappa shape index (κ3) is 5.26. The molecule has 160 valence electrons. The summed E-state index contributed by atoms with van der Waals surface area (Å²) in [5.41, 5.74) is 10.3. The van der Waals surface area contributed by atoms with E-state index in [-0.39, 0.29) is 23.0 Å². The van der Waals surface area contributed by atoms with Gasteiger partial charge in [0.1, 0.15) is 17.4 Å². The molecule has 0 saturated heterocycles. The molecule has 11 heteroatoms. The molecule has 1 atom stereocenters. The number of aromatic nitrogens is 2. The lowest BCUT2D eigenvalue weighted by molar-refractivity contribution is -0.137. The van der Waals surface area contributed by atoms with Crippen molar-refractivity contribution in [3.05, 3.63) is 77.5 Å². The maximum absolute atomic E-state index is 13.0. The van der Waals surface area contributed by atoms with E-state index in [1.165, 1.54) is 12.1 Å². The van der Waals surface area contributed by atoms with Crippen molar-refractivity contribution in [2.45, 2.75) is 12.2 Å². The Bertz CT molecular complexity index is 1110. The zero-order valence-electron chi connectivity index (χ0n) is 15.9. The Labute approximate surface area is 174 Å². The van der Waals surface area contributed by atoms with Gasteiger partial charge in [-0.05, 0) is 23.8 Å². The highest BCUT2D eigenvalue weighted by Crippen LogP contribution is 2.31. The van der Waals surface area contributed by atoms with Crippen molar-refractivity contribution in [1.29, 1.82) is 0 Å². The number of carbonyl (C=O) groups excluding carboxylic acids is 2. The highest BCUT2D eigenvalue weighted by Gasteiger charge is 2.30. The van der Waals surface area contributed by atoms with Crippen LogP contribution in [0, 0.1) is 0 Å². The number of benzene rings is 2. The summed E-state index contributed by atoms with van der Waals surface area (Å²) in [4.78, 5) is 31.7. The minimum Gasteiger partial charge on any atom is -0.368 e. The van der Waals surface area contributed by atoms with Crippen molar-refractivity contribution in [3.8, 4) is 0 Å². The second kappa shape index (κ2) is 8.69. The fourth-order valence-electron chi connectivity index (χ4n) is 2.73. The van der Waals surface area contributed by atoms with E-state index in [1.54, 1.807) is 30.3 Å². The first kappa shape index (κ1) is 21.6. The largest absolute Gasteiger partial charge is 0.416 e. The van der Waals surface area contributed by atoms with Gasteiger partial charge in [-0.1, -0.05) is 36.4 Å². The van der Waals surface area contributed by atoms with E-state index in [1.807, 2.05) is 0 Å². The van der Waals surface area contributed by atoms with Gasteiger partial charge >= 0.3 is 6.18 Å². The molecule has 1 heterocycles. The fraction of sp³-hybridized carbons (Fsp3) is 0.100. The second-order valence-corrected chi connectivity index (χ2v) is 6.41. The topological polar surface area (TPSA) is 136 Å². The number of nitrogens with zero attached hydrogens (tertiary/aromatic N) is 2. The monoisotopic (exact) mass is 430 g/mol. The van der Waals surface area contributed by atoms with Gasteiger partial charge in [0.2, 0.25) is 11.9 Å². The van der Waals surface area contributed by atoms with Crippen LogP contribution >= 0.6 is 0 Å². The van der Waals surface area contributed by atoms with Gasteiger partial charge in [-0.2, -0.15) is 18.2 Å². The third-order valence-electron chi connectivity index (χ3n) is 4.20. The number of amides is 2. The van der Waals surface area contributed by atoms with E-state index < -0.39 is 29.6 Å². The number of halogens is 3. The highest BCUT2D eigenvalue weighted by molar-refractivity contribution is 5.98. The Balaban J connectivity index is 1.95. The van der Waals surface area contributed by atoms with Gasteiger partial charge in [-0.3, -0.25) is 9.59 Å². The van der Waals surface area contributed by atoms with Crippen LogP contribution in [0.2, 0.25) is 0 Å². The van der Waals surface area contributed by atoms with Crippen molar-refractivity contribution in [1.82, 2.24) is 9.97 Å². The van der Waals surface area contributed by atoms with Crippen LogP contribution in [-0.4, -0.2) is 21.8 Å². The molecule has 1 aromatic heterocycles. The molecule has 0 bridgehead atoms. The average Bonchev–Trinajstić information content (AvgIpc) is 2.72. The summed E-state index contributed by atoms with van der Waals surface area (Å²) < 4.78 is 38.9. The summed E-state index contributed by atoms with van der Waals surface area (Å²) in [6, 6.07) is 11.9. The minimum atomic E-state index is -4.55. The molecule has 31 heavy (non-hydrogen) atoms. The summed E-state index contributed by atoms with van der Waals surface area (Å²) >= 11 is 0. The molecule has 0 spiro atoms. The van der Waals surface area contributed by atoms with Gasteiger partial charge < -0.3 is 22.1 Å². The zero-order chi connectivity index (χ0) is 22.6. The van der Waals surface area contributed by atoms with E-state index in [0.29, 0.717) is 5.56 Å². The van der Waals surface area contributed by atoms with E-state index in [4.69, 9.17) is 11.5 Å². The number of anilines is 3. The maximum atomic E-state index is 13.0. The first-order valence-corrected chi connectivity index (χ1v) is 8.87. The van der Waals surface area contributed by atoms with Crippen molar-refractivity contribution in [2.24, 2.45) is 11.5 Å². The maximum Gasteiger partial charge on any atom is 0.416 e. The summed E-state index contributed by atoms with van der Waals surface area (Å²) in [7, 11) is 0. The SMILES string of the molecule is NC(=O)c1cnc(NC(C(N)=O)c2ccccc2)nc1Nc1cccc(C(F)(F)F)c1. The molecule has 0 radical (unpaired) electrons. The van der Waals surface area contributed by atoms with Gasteiger partial charge in [-0.15, -0.1) is 0 Å². The normalized spacial score (nSPS) is 12.1. The van der Waals surface area contributed by atoms with Crippen molar-refractivity contribution >= 4 is 29.3 Å². The first-order valence-electron chi connectivity index (χ1n) is 8.87. The summed E-state index contributed by atoms with van der Waals surface area (Å²) in [6.07, 6.45) is -3.45. The lowest BCUT2D eigenvalue weighted by atomic mass is 10.1. The first-order chi connectivity index (χ1) is 14.6. The lowest BCUT2D eigenvalue weighted by Crippen LogP contribution is -2.28. The molecule has 3 rings (SSSR count). The molecule has 3 aromatic rings. The Morgan fingerprint density at radius 3 is 2.32 bits per heavy atom. The summed E-state index contributed by atoms with van der Waals surface area (Å²) in [5, 5.41) is 5.39. The molecule has 6 N–H and O–H groups in total. The summed E-state index contributed by atoms with van der Waals surface area (Å²) in [5.74, 6) is -1.83. The Morgan fingerprint density at radius 1 is 1.00 bits per heavy atom. The van der Waals surface area contributed by atoms with E-state index in [2.05, 4.69) is 20.6 Å². The van der Waals surface area contributed by atoms with Crippen LogP contribution in [0.25, 0.3) is 0 Å². The third-order valence-corrected chi connectivity index (χ3v) is 4.20. The van der Waals surface area contributed by atoms with Crippen LogP contribution in [-0.2, 0) is 11.0 Å². The van der Waals surface area contributed by atoms with Crippen LogP contribution in [0.1, 0.15) is 27.5 Å². The van der Waals surface area contributed by atoms with Gasteiger partial charge in [0.25, 0.3) is 5.91 Å². The summed E-state index contributed by atoms with van der Waals surface area (Å²) in [6.45, 7) is 0. The van der Waals surface area contributed by atoms with Crippen molar-refractivity contribution < 1.29 is 22.8 Å². The molecule has 0 aliphatic heterocycles. The fourth-order valence-corrected chi connectivity index (χ4v) is 2.73. The number of nitrogens with one attached hydrogen (secondary N) is 2. The van der Waals surface area contributed by atoms with Gasteiger partial charge in [-0.25, -0.2) is 4.98 Å². The van der Waals surface area contributed by atoms with Crippen LogP contribution in [0.4, 0.5) is 30.6 Å². The molecule has 0 saturated carbocycles. The molecule has 0 aliphatic rings. The Hall–Kier alpha value is -4.15. The number of primary amides is 2. The number of alkyl halides is 3. The van der Waals surface area contributed by atoms with E-state index in [0.717, 1.165) is 18.3 Å². The molecule has 2 aromatic carbocycles. The molecule has 0 aliphatic carbocycles.